The van der Waals surface area contributed by atoms with Gasteiger partial charge in [0.1, 0.15) is 6.04 Å². The minimum atomic E-state index is -0.391. The van der Waals surface area contributed by atoms with Crippen LogP contribution in [0.1, 0.15) is 24.4 Å². The summed E-state index contributed by atoms with van der Waals surface area (Å²) in [5.74, 6) is 0.134. The van der Waals surface area contributed by atoms with Crippen molar-refractivity contribution in [3.05, 3.63) is 60.4 Å². The number of nitrogen functional groups attached to an aromatic ring is 1. The van der Waals surface area contributed by atoms with Gasteiger partial charge in [0.15, 0.2) is 0 Å². The summed E-state index contributed by atoms with van der Waals surface area (Å²) in [4.78, 5) is 19.6. The molecule has 0 spiro atoms. The minimum Gasteiger partial charge on any atom is -0.399 e. The number of hydrogen-bond donors (Lipinski definition) is 1. The molecule has 3 aromatic rings. The van der Waals surface area contributed by atoms with Gasteiger partial charge in [-0.05, 0) is 36.6 Å². The van der Waals surface area contributed by atoms with E-state index in [9.17, 15) is 4.79 Å². The Morgan fingerprint density at radius 1 is 1.08 bits per heavy atom. The first-order chi connectivity index (χ1) is 11.7. The summed E-state index contributed by atoms with van der Waals surface area (Å²) in [7, 11) is 0. The van der Waals surface area contributed by atoms with Gasteiger partial charge in [-0.25, -0.2) is 4.98 Å². The Morgan fingerprint density at radius 3 is 2.58 bits per heavy atom. The van der Waals surface area contributed by atoms with E-state index in [1.807, 2.05) is 58.0 Å². The Balaban J connectivity index is 1.83. The van der Waals surface area contributed by atoms with Gasteiger partial charge < -0.3 is 15.2 Å². The fraction of sp³-hybridized carbons (Fsp3) is 0.263. The number of aromatic nitrogens is 2. The van der Waals surface area contributed by atoms with Crippen LogP contribution in [0.5, 0.6) is 0 Å². The SMILES string of the molecule is Nc1ccc2c(c1)ncn2C(C(=O)N1CCCC1)c1ccccc1. The zero-order valence-electron chi connectivity index (χ0n) is 13.4. The third-order valence-corrected chi connectivity index (χ3v) is 4.64. The van der Waals surface area contributed by atoms with Gasteiger partial charge in [-0.15, -0.1) is 0 Å². The number of carbonyl (C=O) groups is 1. The van der Waals surface area contributed by atoms with Crippen molar-refractivity contribution in [2.24, 2.45) is 0 Å². The van der Waals surface area contributed by atoms with Crippen LogP contribution in [0.3, 0.4) is 0 Å². The van der Waals surface area contributed by atoms with E-state index in [0.717, 1.165) is 42.5 Å². The number of imidazole rings is 1. The maximum absolute atomic E-state index is 13.2. The molecule has 0 bridgehead atoms. The lowest BCUT2D eigenvalue weighted by atomic mass is 10.0. The maximum atomic E-state index is 13.2. The number of nitrogens with zero attached hydrogens (tertiary/aromatic N) is 3. The molecule has 1 amide bonds. The van der Waals surface area contributed by atoms with Crippen LogP contribution in [-0.2, 0) is 4.79 Å². The molecule has 1 saturated heterocycles. The van der Waals surface area contributed by atoms with E-state index in [4.69, 9.17) is 5.73 Å². The van der Waals surface area contributed by atoms with Crippen LogP contribution >= 0.6 is 0 Å². The summed E-state index contributed by atoms with van der Waals surface area (Å²) in [5, 5.41) is 0. The highest BCUT2D eigenvalue weighted by molar-refractivity contribution is 5.87. The fourth-order valence-corrected chi connectivity index (χ4v) is 3.42. The number of fused-ring (bicyclic) bond motifs is 1. The van der Waals surface area contributed by atoms with Gasteiger partial charge in [0.2, 0.25) is 5.91 Å². The van der Waals surface area contributed by atoms with Crippen molar-refractivity contribution >= 4 is 22.6 Å². The number of hydrogen-bond acceptors (Lipinski definition) is 3. The van der Waals surface area contributed by atoms with Crippen molar-refractivity contribution in [2.75, 3.05) is 18.8 Å². The lowest BCUT2D eigenvalue weighted by Crippen LogP contribution is -2.35. The summed E-state index contributed by atoms with van der Waals surface area (Å²) in [6.45, 7) is 1.67. The Kier molecular flexibility index (Phi) is 3.69. The van der Waals surface area contributed by atoms with Gasteiger partial charge in [-0.3, -0.25) is 4.79 Å². The zero-order chi connectivity index (χ0) is 16.5. The first-order valence-electron chi connectivity index (χ1n) is 8.30. The van der Waals surface area contributed by atoms with Crippen molar-refractivity contribution in [1.29, 1.82) is 0 Å². The molecule has 1 aliphatic heterocycles. The molecule has 122 valence electrons. The molecular formula is C19H20N4O. The van der Waals surface area contributed by atoms with Gasteiger partial charge in [-0.2, -0.15) is 0 Å². The number of anilines is 1. The molecule has 1 aliphatic rings. The molecule has 0 saturated carbocycles. The number of amides is 1. The second-order valence-electron chi connectivity index (χ2n) is 6.25. The largest absolute Gasteiger partial charge is 0.399 e. The molecule has 1 fully saturated rings. The molecule has 5 nitrogen and oxygen atoms in total. The van der Waals surface area contributed by atoms with Crippen molar-refractivity contribution in [1.82, 2.24) is 14.5 Å². The van der Waals surface area contributed by atoms with Crippen LogP contribution in [0.2, 0.25) is 0 Å². The lowest BCUT2D eigenvalue weighted by Gasteiger charge is -2.25. The minimum absolute atomic E-state index is 0.134. The van der Waals surface area contributed by atoms with E-state index in [-0.39, 0.29) is 5.91 Å². The average Bonchev–Trinajstić information content (AvgIpc) is 3.26. The van der Waals surface area contributed by atoms with Crippen LogP contribution in [0.15, 0.2) is 54.9 Å². The monoisotopic (exact) mass is 320 g/mol. The molecule has 0 radical (unpaired) electrons. The molecule has 4 rings (SSSR count). The molecule has 1 unspecified atom stereocenters. The lowest BCUT2D eigenvalue weighted by molar-refractivity contribution is -0.132. The molecule has 2 heterocycles. The van der Waals surface area contributed by atoms with Crippen LogP contribution in [0.4, 0.5) is 5.69 Å². The van der Waals surface area contributed by atoms with Crippen molar-refractivity contribution in [3.8, 4) is 0 Å². The third-order valence-electron chi connectivity index (χ3n) is 4.64. The summed E-state index contributed by atoms with van der Waals surface area (Å²) in [6.07, 6.45) is 3.90. The van der Waals surface area contributed by atoms with Gasteiger partial charge >= 0.3 is 0 Å². The Hall–Kier alpha value is -2.82. The highest BCUT2D eigenvalue weighted by atomic mass is 16.2. The van der Waals surface area contributed by atoms with Crippen LogP contribution < -0.4 is 5.73 Å². The first-order valence-corrected chi connectivity index (χ1v) is 8.30. The first kappa shape index (κ1) is 14.8. The topological polar surface area (TPSA) is 64.1 Å². The van der Waals surface area contributed by atoms with E-state index in [1.165, 1.54) is 0 Å². The fourth-order valence-electron chi connectivity index (χ4n) is 3.42. The molecule has 2 N–H and O–H groups in total. The highest BCUT2D eigenvalue weighted by Crippen LogP contribution is 2.27. The van der Waals surface area contributed by atoms with E-state index in [2.05, 4.69) is 4.98 Å². The summed E-state index contributed by atoms with van der Waals surface area (Å²) >= 11 is 0. The predicted molar refractivity (Wildman–Crippen MR) is 94.5 cm³/mol. The number of benzene rings is 2. The number of carbonyl (C=O) groups excluding carboxylic acids is 1. The standard InChI is InChI=1S/C19H20N4O/c20-15-8-9-17-16(12-15)21-13-23(17)18(14-6-2-1-3-7-14)19(24)22-10-4-5-11-22/h1-3,6-9,12-13,18H,4-5,10-11,20H2. The molecule has 1 aromatic heterocycles. The second-order valence-corrected chi connectivity index (χ2v) is 6.25. The molecule has 5 heteroatoms. The summed E-state index contributed by atoms with van der Waals surface area (Å²) < 4.78 is 1.96. The van der Waals surface area contributed by atoms with Gasteiger partial charge in [0, 0.05) is 18.8 Å². The van der Waals surface area contributed by atoms with E-state index in [0.29, 0.717) is 5.69 Å². The maximum Gasteiger partial charge on any atom is 0.250 e. The second kappa shape index (κ2) is 6.00. The number of likely N-dealkylation sites (tertiary alicyclic amines) is 1. The van der Waals surface area contributed by atoms with E-state index >= 15 is 0 Å². The summed E-state index contributed by atoms with van der Waals surface area (Å²) in [6, 6.07) is 15.1. The number of rotatable bonds is 3. The Morgan fingerprint density at radius 2 is 1.83 bits per heavy atom. The summed E-state index contributed by atoms with van der Waals surface area (Å²) in [5.41, 5.74) is 9.24. The smallest absolute Gasteiger partial charge is 0.250 e. The number of nitrogens with two attached hydrogens (primary N) is 1. The highest BCUT2D eigenvalue weighted by Gasteiger charge is 2.30. The van der Waals surface area contributed by atoms with E-state index in [1.54, 1.807) is 6.33 Å². The van der Waals surface area contributed by atoms with Crippen LogP contribution in [0.25, 0.3) is 11.0 Å². The molecule has 0 aliphatic carbocycles. The molecule has 1 atom stereocenters. The molecule has 24 heavy (non-hydrogen) atoms. The van der Waals surface area contributed by atoms with E-state index < -0.39 is 6.04 Å². The van der Waals surface area contributed by atoms with Crippen molar-refractivity contribution in [3.63, 3.8) is 0 Å². The third kappa shape index (κ3) is 2.52. The Labute approximate surface area is 140 Å². The van der Waals surface area contributed by atoms with Crippen LogP contribution in [0, 0.1) is 0 Å². The van der Waals surface area contributed by atoms with Gasteiger partial charge in [0.05, 0.1) is 17.4 Å². The normalized spacial score (nSPS) is 15.8. The molecular weight excluding hydrogens is 300 g/mol. The van der Waals surface area contributed by atoms with Crippen molar-refractivity contribution < 1.29 is 4.79 Å². The van der Waals surface area contributed by atoms with Gasteiger partial charge in [0.25, 0.3) is 0 Å². The molecule has 2 aromatic carbocycles. The predicted octanol–water partition coefficient (Wildman–Crippen LogP) is 2.83. The quantitative estimate of drug-likeness (QED) is 0.755. The zero-order valence-corrected chi connectivity index (χ0v) is 13.4. The van der Waals surface area contributed by atoms with Crippen molar-refractivity contribution in [2.45, 2.75) is 18.9 Å². The van der Waals surface area contributed by atoms with Gasteiger partial charge in [-0.1, -0.05) is 30.3 Å². The average molecular weight is 320 g/mol. The van der Waals surface area contributed by atoms with Crippen LogP contribution in [-0.4, -0.2) is 33.4 Å². The Bertz CT molecular complexity index is 865.